The maximum Gasteiger partial charge on any atom is 0.354 e. The normalized spacial score (nSPS) is 11.4. The Bertz CT molecular complexity index is 1520. The van der Waals surface area contributed by atoms with Crippen LogP contribution in [0, 0.1) is 6.92 Å². The zero-order valence-corrected chi connectivity index (χ0v) is 20.8. The lowest BCUT2D eigenvalue weighted by molar-refractivity contribution is 0.0684. The molecule has 0 aliphatic carbocycles. The van der Waals surface area contributed by atoms with Crippen molar-refractivity contribution in [2.24, 2.45) is 0 Å². The van der Waals surface area contributed by atoms with E-state index in [4.69, 9.17) is 4.42 Å². The predicted molar refractivity (Wildman–Crippen MR) is 134 cm³/mol. The molecule has 2 N–H and O–H groups in total. The highest BCUT2D eigenvalue weighted by Gasteiger charge is 2.22. The van der Waals surface area contributed by atoms with Crippen molar-refractivity contribution in [2.75, 3.05) is 0 Å². The predicted octanol–water partition coefficient (Wildman–Crippen LogP) is 5.64. The minimum Gasteiger partial charge on any atom is -0.477 e. The van der Waals surface area contributed by atoms with Crippen LogP contribution < -0.4 is 0 Å². The Kier molecular flexibility index (Phi) is 6.21. The Morgan fingerprint density at radius 2 is 2.00 bits per heavy atom. The van der Waals surface area contributed by atoms with Crippen LogP contribution in [0.25, 0.3) is 33.7 Å². The van der Waals surface area contributed by atoms with Gasteiger partial charge in [-0.1, -0.05) is 43.7 Å². The molecule has 10 heteroatoms. The van der Waals surface area contributed by atoms with Gasteiger partial charge in [-0.2, -0.15) is 0 Å². The molecule has 0 saturated carbocycles. The number of aromatic carboxylic acids is 1. The van der Waals surface area contributed by atoms with Gasteiger partial charge in [0.15, 0.2) is 11.5 Å². The minimum atomic E-state index is -0.968. The van der Waals surface area contributed by atoms with Crippen molar-refractivity contribution >= 4 is 32.9 Å². The number of nitrogens with zero attached hydrogens (tertiary/aromatic N) is 5. The zero-order chi connectivity index (χ0) is 24.5. The third kappa shape index (κ3) is 4.25. The van der Waals surface area contributed by atoms with Crippen LogP contribution in [0.5, 0.6) is 0 Å². The van der Waals surface area contributed by atoms with E-state index >= 15 is 0 Å². The van der Waals surface area contributed by atoms with Gasteiger partial charge in [-0.05, 0) is 57.4 Å². The molecular weight excluding hydrogens is 512 g/mol. The Morgan fingerprint density at radius 1 is 1.20 bits per heavy atom. The standard InChI is InChI=1S/C25H23BrN6O3/c1-3-4-9-20-27-14(2)22(25(33)34)32(20)13-15-10-11-19-18(12-15)21(26)23(35-19)16-7-5-6-8-17(16)24-28-30-31-29-24/h5-8,10-12H,3-4,9,13H2,1-2H3,(H,33,34)(H,28,29,30,31). The number of tetrazole rings is 1. The van der Waals surface area contributed by atoms with Gasteiger partial charge in [0.05, 0.1) is 10.2 Å². The summed E-state index contributed by atoms with van der Waals surface area (Å²) in [7, 11) is 0. The van der Waals surface area contributed by atoms with Crippen LogP contribution in [0.1, 0.15) is 47.3 Å². The first-order valence-corrected chi connectivity index (χ1v) is 12.1. The average molecular weight is 535 g/mol. The molecule has 0 radical (unpaired) electrons. The van der Waals surface area contributed by atoms with Crippen molar-refractivity contribution in [3.8, 4) is 22.7 Å². The first kappa shape index (κ1) is 23.0. The number of unbranched alkanes of at least 4 members (excludes halogenated alkanes) is 1. The molecule has 0 atom stereocenters. The van der Waals surface area contributed by atoms with Crippen molar-refractivity contribution in [1.29, 1.82) is 0 Å². The number of H-pyrrole nitrogens is 1. The van der Waals surface area contributed by atoms with Crippen LogP contribution in [0.2, 0.25) is 0 Å². The summed E-state index contributed by atoms with van der Waals surface area (Å²) in [6.07, 6.45) is 2.70. The summed E-state index contributed by atoms with van der Waals surface area (Å²) in [6.45, 7) is 4.26. The molecule has 5 aromatic rings. The SMILES string of the molecule is CCCCc1nc(C)c(C(=O)O)n1Cc1ccc2oc(-c3ccccc3-c3nnn[nH]3)c(Br)c2c1. The number of hydrogen-bond donors (Lipinski definition) is 2. The summed E-state index contributed by atoms with van der Waals surface area (Å²) in [4.78, 5) is 16.5. The molecule has 0 amide bonds. The average Bonchev–Trinajstić information content (AvgIpc) is 3.56. The van der Waals surface area contributed by atoms with E-state index in [1.165, 1.54) is 0 Å². The molecule has 9 nitrogen and oxygen atoms in total. The van der Waals surface area contributed by atoms with E-state index in [0.717, 1.165) is 51.6 Å². The van der Waals surface area contributed by atoms with Gasteiger partial charge in [-0.15, -0.1) is 5.10 Å². The second kappa shape index (κ2) is 9.46. The molecule has 0 fully saturated rings. The van der Waals surface area contributed by atoms with Crippen molar-refractivity contribution in [3.05, 3.63) is 69.7 Å². The maximum absolute atomic E-state index is 12.0. The number of halogens is 1. The second-order valence-corrected chi connectivity index (χ2v) is 9.12. The number of nitrogens with one attached hydrogen (secondary N) is 1. The number of carboxylic acids is 1. The fourth-order valence-electron chi connectivity index (χ4n) is 4.33. The molecule has 0 aliphatic rings. The number of aryl methyl sites for hydroxylation is 2. The van der Waals surface area contributed by atoms with Crippen LogP contribution in [0.3, 0.4) is 0 Å². The lowest BCUT2D eigenvalue weighted by Gasteiger charge is -2.10. The van der Waals surface area contributed by atoms with Gasteiger partial charge in [0, 0.05) is 29.5 Å². The van der Waals surface area contributed by atoms with E-state index in [0.29, 0.717) is 29.4 Å². The van der Waals surface area contributed by atoms with Crippen molar-refractivity contribution in [1.82, 2.24) is 30.2 Å². The first-order valence-electron chi connectivity index (χ1n) is 11.3. The quantitative estimate of drug-likeness (QED) is 0.264. The van der Waals surface area contributed by atoms with Gasteiger partial charge in [0.2, 0.25) is 0 Å². The minimum absolute atomic E-state index is 0.234. The molecule has 5 rings (SSSR count). The topological polar surface area (TPSA) is 123 Å². The highest BCUT2D eigenvalue weighted by atomic mass is 79.9. The van der Waals surface area contributed by atoms with Gasteiger partial charge in [0.1, 0.15) is 17.2 Å². The summed E-state index contributed by atoms with van der Waals surface area (Å²) in [5, 5.41) is 24.9. The van der Waals surface area contributed by atoms with Crippen LogP contribution in [0.15, 0.2) is 51.4 Å². The van der Waals surface area contributed by atoms with Crippen LogP contribution in [-0.2, 0) is 13.0 Å². The highest BCUT2D eigenvalue weighted by Crippen LogP contribution is 2.41. The molecule has 0 spiro atoms. The number of benzene rings is 2. The number of aromatic amines is 1. The molecule has 178 valence electrons. The van der Waals surface area contributed by atoms with Gasteiger partial charge in [0.25, 0.3) is 0 Å². The molecular formula is C25H23BrN6O3. The fraction of sp³-hybridized carbons (Fsp3) is 0.240. The van der Waals surface area contributed by atoms with E-state index in [-0.39, 0.29) is 5.69 Å². The molecule has 0 bridgehead atoms. The lowest BCUT2D eigenvalue weighted by Crippen LogP contribution is -2.13. The van der Waals surface area contributed by atoms with Crippen molar-refractivity contribution in [3.63, 3.8) is 0 Å². The Hall–Kier alpha value is -3.79. The van der Waals surface area contributed by atoms with E-state index in [2.05, 4.69) is 48.5 Å². The summed E-state index contributed by atoms with van der Waals surface area (Å²) < 4.78 is 8.85. The number of furan rings is 1. The summed E-state index contributed by atoms with van der Waals surface area (Å²) in [5.41, 5.74) is 4.10. The van der Waals surface area contributed by atoms with E-state index in [9.17, 15) is 9.90 Å². The number of aromatic nitrogens is 6. The van der Waals surface area contributed by atoms with Gasteiger partial charge in [-0.3, -0.25) is 0 Å². The number of carbonyl (C=O) groups is 1. The van der Waals surface area contributed by atoms with E-state index in [1.807, 2.05) is 47.0 Å². The molecule has 0 unspecified atom stereocenters. The molecule has 0 saturated heterocycles. The molecule has 3 heterocycles. The summed E-state index contributed by atoms with van der Waals surface area (Å²) >= 11 is 3.73. The Labute approximate surface area is 209 Å². The molecule has 0 aliphatic heterocycles. The van der Waals surface area contributed by atoms with Gasteiger partial charge >= 0.3 is 5.97 Å². The first-order chi connectivity index (χ1) is 17.0. The number of imidazole rings is 1. The summed E-state index contributed by atoms with van der Waals surface area (Å²) in [6, 6.07) is 13.6. The zero-order valence-electron chi connectivity index (χ0n) is 19.2. The van der Waals surface area contributed by atoms with Crippen molar-refractivity contribution < 1.29 is 14.3 Å². The summed E-state index contributed by atoms with van der Waals surface area (Å²) in [5.74, 6) is 1.04. The fourth-order valence-corrected chi connectivity index (χ4v) is 4.93. The lowest BCUT2D eigenvalue weighted by atomic mass is 10.0. The van der Waals surface area contributed by atoms with E-state index in [1.54, 1.807) is 6.92 Å². The van der Waals surface area contributed by atoms with E-state index < -0.39 is 5.97 Å². The van der Waals surface area contributed by atoms with Crippen molar-refractivity contribution in [2.45, 2.75) is 39.7 Å². The van der Waals surface area contributed by atoms with Gasteiger partial charge < -0.3 is 14.1 Å². The van der Waals surface area contributed by atoms with Crippen LogP contribution in [0.4, 0.5) is 0 Å². The monoisotopic (exact) mass is 534 g/mol. The number of hydrogen-bond acceptors (Lipinski definition) is 6. The third-order valence-electron chi connectivity index (χ3n) is 5.98. The molecule has 35 heavy (non-hydrogen) atoms. The Morgan fingerprint density at radius 3 is 2.71 bits per heavy atom. The van der Waals surface area contributed by atoms with Gasteiger partial charge in [-0.25, -0.2) is 14.9 Å². The molecule has 2 aromatic carbocycles. The number of fused-ring (bicyclic) bond motifs is 1. The largest absolute Gasteiger partial charge is 0.477 e. The maximum atomic E-state index is 12.0. The third-order valence-corrected chi connectivity index (χ3v) is 6.77. The number of rotatable bonds is 8. The molecule has 3 aromatic heterocycles. The number of carboxylic acid groups (broad SMARTS) is 1. The van der Waals surface area contributed by atoms with Crippen LogP contribution in [-0.4, -0.2) is 41.3 Å². The van der Waals surface area contributed by atoms with Crippen LogP contribution >= 0.6 is 15.9 Å². The smallest absolute Gasteiger partial charge is 0.354 e. The Balaban J connectivity index is 1.56. The highest BCUT2D eigenvalue weighted by molar-refractivity contribution is 9.10. The second-order valence-electron chi connectivity index (χ2n) is 8.33.